The number of hydrogen-bond donors (Lipinski definition) is 0. The standard InChI is InChI=1S/C25H18N2/c1-3-10-19(11-4-1)25-26-23-14-6-2-5-13-22(23)24(27-25)21-16-15-18-9-7-8-12-20(18)17-21/h1,3-17H,2H2. The van der Waals surface area contributed by atoms with Gasteiger partial charge in [-0.15, -0.1) is 0 Å². The molecule has 0 amide bonds. The molecule has 1 heterocycles. The number of hydrogen-bond acceptors (Lipinski definition) is 2. The number of rotatable bonds is 2. The normalized spacial score (nSPS) is 12.7. The van der Waals surface area contributed by atoms with Crippen LogP contribution in [0.2, 0.25) is 0 Å². The van der Waals surface area contributed by atoms with Gasteiger partial charge >= 0.3 is 0 Å². The molecule has 5 rings (SSSR count). The lowest BCUT2D eigenvalue weighted by Gasteiger charge is -2.12. The van der Waals surface area contributed by atoms with Crippen LogP contribution in [-0.4, -0.2) is 9.97 Å². The minimum absolute atomic E-state index is 0.762. The Labute approximate surface area is 158 Å². The summed E-state index contributed by atoms with van der Waals surface area (Å²) in [5, 5.41) is 2.46. The van der Waals surface area contributed by atoms with Gasteiger partial charge in [0.2, 0.25) is 0 Å². The molecule has 0 spiro atoms. The van der Waals surface area contributed by atoms with Crippen LogP contribution in [0.25, 0.3) is 45.6 Å². The molecule has 0 bridgehead atoms. The van der Waals surface area contributed by atoms with Crippen LogP contribution in [-0.2, 0) is 0 Å². The van der Waals surface area contributed by atoms with E-state index in [0.29, 0.717) is 0 Å². The van der Waals surface area contributed by atoms with Crippen LogP contribution in [0.1, 0.15) is 17.7 Å². The van der Waals surface area contributed by atoms with Gasteiger partial charge in [0.1, 0.15) is 0 Å². The van der Waals surface area contributed by atoms with Gasteiger partial charge in [-0.25, -0.2) is 9.97 Å². The van der Waals surface area contributed by atoms with Gasteiger partial charge < -0.3 is 0 Å². The maximum Gasteiger partial charge on any atom is 0.160 e. The summed E-state index contributed by atoms with van der Waals surface area (Å²) in [5.41, 5.74) is 5.18. The first-order valence-corrected chi connectivity index (χ1v) is 9.18. The van der Waals surface area contributed by atoms with E-state index in [1.165, 1.54) is 10.8 Å². The van der Waals surface area contributed by atoms with Crippen molar-refractivity contribution in [3.8, 4) is 22.6 Å². The largest absolute Gasteiger partial charge is 0.228 e. The van der Waals surface area contributed by atoms with Crippen molar-refractivity contribution in [3.63, 3.8) is 0 Å². The molecule has 0 fully saturated rings. The lowest BCUT2D eigenvalue weighted by atomic mass is 10.00. The van der Waals surface area contributed by atoms with Gasteiger partial charge in [-0.3, -0.25) is 0 Å². The van der Waals surface area contributed by atoms with Crippen LogP contribution >= 0.6 is 0 Å². The summed E-state index contributed by atoms with van der Waals surface area (Å²) in [7, 11) is 0. The topological polar surface area (TPSA) is 25.8 Å². The molecule has 0 radical (unpaired) electrons. The summed E-state index contributed by atoms with van der Waals surface area (Å²) in [6.07, 6.45) is 9.48. The SMILES string of the molecule is C1=Cc2nc(-c3ccccc3)nc(-c3ccc4ccccc4c3)c2C=CC1. The van der Waals surface area contributed by atoms with Crippen molar-refractivity contribution in [1.29, 1.82) is 0 Å². The molecule has 27 heavy (non-hydrogen) atoms. The average molecular weight is 346 g/mol. The van der Waals surface area contributed by atoms with Gasteiger partial charge in [0.25, 0.3) is 0 Å². The highest BCUT2D eigenvalue weighted by atomic mass is 14.9. The predicted molar refractivity (Wildman–Crippen MR) is 113 cm³/mol. The van der Waals surface area contributed by atoms with Crippen LogP contribution < -0.4 is 0 Å². The van der Waals surface area contributed by atoms with E-state index < -0.39 is 0 Å². The molecule has 0 atom stereocenters. The van der Waals surface area contributed by atoms with Crippen LogP contribution in [0.5, 0.6) is 0 Å². The third-order valence-corrected chi connectivity index (χ3v) is 4.86. The van der Waals surface area contributed by atoms with Crippen LogP contribution in [0, 0.1) is 0 Å². The molecule has 4 aromatic rings. The second kappa shape index (κ2) is 6.65. The Balaban J connectivity index is 1.77. The summed E-state index contributed by atoms with van der Waals surface area (Å²) >= 11 is 0. The molecule has 128 valence electrons. The lowest BCUT2D eigenvalue weighted by molar-refractivity contribution is 1.16. The maximum atomic E-state index is 4.98. The van der Waals surface area contributed by atoms with E-state index in [0.717, 1.165) is 40.3 Å². The molecule has 2 nitrogen and oxygen atoms in total. The molecule has 1 aliphatic carbocycles. The fourth-order valence-electron chi connectivity index (χ4n) is 3.50. The summed E-state index contributed by atoms with van der Waals surface area (Å²) in [5.74, 6) is 0.762. The fourth-order valence-corrected chi connectivity index (χ4v) is 3.50. The Morgan fingerprint density at radius 3 is 2.30 bits per heavy atom. The highest BCUT2D eigenvalue weighted by molar-refractivity contribution is 5.89. The minimum Gasteiger partial charge on any atom is -0.228 e. The zero-order valence-corrected chi connectivity index (χ0v) is 14.8. The Morgan fingerprint density at radius 1 is 0.630 bits per heavy atom. The lowest BCUT2D eigenvalue weighted by Crippen LogP contribution is -1.99. The van der Waals surface area contributed by atoms with Crippen LogP contribution in [0.15, 0.2) is 84.9 Å². The quantitative estimate of drug-likeness (QED) is 0.420. The molecule has 0 aliphatic heterocycles. The van der Waals surface area contributed by atoms with Gasteiger partial charge in [0.15, 0.2) is 5.82 Å². The number of fused-ring (bicyclic) bond motifs is 2. The highest BCUT2D eigenvalue weighted by Gasteiger charge is 2.15. The Kier molecular flexibility index (Phi) is 3.87. The number of aromatic nitrogens is 2. The first-order valence-electron chi connectivity index (χ1n) is 9.18. The third-order valence-electron chi connectivity index (χ3n) is 4.86. The number of benzene rings is 3. The van der Waals surface area contributed by atoms with E-state index >= 15 is 0 Å². The van der Waals surface area contributed by atoms with Crippen LogP contribution in [0.4, 0.5) is 0 Å². The van der Waals surface area contributed by atoms with Crippen molar-refractivity contribution in [3.05, 3.63) is 96.2 Å². The van der Waals surface area contributed by atoms with E-state index in [-0.39, 0.29) is 0 Å². The number of allylic oxidation sites excluding steroid dienone is 2. The molecule has 0 saturated carbocycles. The maximum absolute atomic E-state index is 4.98. The molecule has 2 heteroatoms. The van der Waals surface area contributed by atoms with E-state index in [1.54, 1.807) is 0 Å². The summed E-state index contributed by atoms with van der Waals surface area (Å²) < 4.78 is 0. The summed E-state index contributed by atoms with van der Waals surface area (Å²) in [6, 6.07) is 25.1. The van der Waals surface area contributed by atoms with Crippen molar-refractivity contribution in [2.45, 2.75) is 6.42 Å². The van der Waals surface area contributed by atoms with Crippen molar-refractivity contribution < 1.29 is 0 Å². The Morgan fingerprint density at radius 2 is 1.41 bits per heavy atom. The van der Waals surface area contributed by atoms with E-state index in [4.69, 9.17) is 9.97 Å². The predicted octanol–water partition coefficient (Wildman–Crippen LogP) is 6.39. The van der Waals surface area contributed by atoms with E-state index in [9.17, 15) is 0 Å². The Hall–Kier alpha value is -3.52. The van der Waals surface area contributed by atoms with E-state index in [1.807, 2.05) is 18.2 Å². The molecule has 1 aromatic heterocycles. The fraction of sp³-hybridized carbons (Fsp3) is 0.0400. The second-order valence-electron chi connectivity index (χ2n) is 6.66. The first-order chi connectivity index (χ1) is 13.4. The molecule has 0 unspecified atom stereocenters. The van der Waals surface area contributed by atoms with Gasteiger partial charge in [-0.1, -0.05) is 85.0 Å². The monoisotopic (exact) mass is 346 g/mol. The molecule has 0 N–H and O–H groups in total. The van der Waals surface area contributed by atoms with Crippen molar-refractivity contribution >= 4 is 22.9 Å². The summed E-state index contributed by atoms with van der Waals surface area (Å²) in [4.78, 5) is 9.82. The van der Waals surface area contributed by atoms with Crippen LogP contribution in [0.3, 0.4) is 0 Å². The van der Waals surface area contributed by atoms with Gasteiger partial charge in [0, 0.05) is 16.7 Å². The van der Waals surface area contributed by atoms with Gasteiger partial charge in [-0.05, 0) is 29.3 Å². The highest BCUT2D eigenvalue weighted by Crippen LogP contribution is 2.31. The number of nitrogens with zero attached hydrogens (tertiary/aromatic N) is 2. The van der Waals surface area contributed by atoms with Crippen molar-refractivity contribution in [2.75, 3.05) is 0 Å². The van der Waals surface area contributed by atoms with Gasteiger partial charge in [-0.2, -0.15) is 0 Å². The van der Waals surface area contributed by atoms with Crippen molar-refractivity contribution in [1.82, 2.24) is 9.97 Å². The molecule has 0 saturated heterocycles. The molecular weight excluding hydrogens is 328 g/mol. The molecule has 3 aromatic carbocycles. The Bertz CT molecular complexity index is 1190. The van der Waals surface area contributed by atoms with E-state index in [2.05, 4.69) is 78.9 Å². The second-order valence-corrected chi connectivity index (χ2v) is 6.66. The van der Waals surface area contributed by atoms with Gasteiger partial charge in [0.05, 0.1) is 11.4 Å². The smallest absolute Gasteiger partial charge is 0.160 e. The first kappa shape index (κ1) is 15.7. The molecule has 1 aliphatic rings. The zero-order chi connectivity index (χ0) is 18.1. The average Bonchev–Trinajstić information content (AvgIpc) is 2.99. The minimum atomic E-state index is 0.762. The molecular formula is C25H18N2. The van der Waals surface area contributed by atoms with Crippen molar-refractivity contribution in [2.24, 2.45) is 0 Å². The third kappa shape index (κ3) is 2.96. The summed E-state index contributed by atoms with van der Waals surface area (Å²) in [6.45, 7) is 0. The zero-order valence-electron chi connectivity index (χ0n) is 14.8.